The molecule has 0 aliphatic heterocycles. The Morgan fingerprint density at radius 2 is 1.94 bits per heavy atom. The molecule has 0 spiro atoms. The highest BCUT2D eigenvalue weighted by Crippen LogP contribution is 2.27. The molecule has 1 aliphatic carbocycles. The van der Waals surface area contributed by atoms with Crippen LogP contribution in [0.15, 0.2) is 34.1 Å². The van der Waals surface area contributed by atoms with Crippen molar-refractivity contribution in [3.05, 3.63) is 55.7 Å². The number of benzene rings is 1. The number of fused-ring (bicyclic) bond motifs is 1. The third-order valence-corrected chi connectivity index (χ3v) is 4.78. The van der Waals surface area contributed by atoms with Gasteiger partial charge < -0.3 is 0 Å². The Morgan fingerprint density at radius 1 is 1.12 bits per heavy atom. The zero-order chi connectivity index (χ0) is 11.8. The van der Waals surface area contributed by atoms with Crippen LogP contribution in [0, 0.1) is 0 Å². The normalized spacial score (nSPS) is 13.7. The van der Waals surface area contributed by atoms with Crippen LogP contribution in [0.25, 0.3) is 0 Å². The molecule has 1 aromatic heterocycles. The van der Waals surface area contributed by atoms with Gasteiger partial charge in [-0.2, -0.15) is 0 Å². The van der Waals surface area contributed by atoms with E-state index in [9.17, 15) is 4.79 Å². The Morgan fingerprint density at radius 3 is 2.71 bits per heavy atom. The Bertz CT molecular complexity index is 586. The van der Waals surface area contributed by atoms with E-state index in [1.807, 2.05) is 18.2 Å². The van der Waals surface area contributed by atoms with Crippen LogP contribution < -0.4 is 0 Å². The molecule has 3 heteroatoms. The van der Waals surface area contributed by atoms with Crippen LogP contribution in [0.5, 0.6) is 0 Å². The molecule has 2 aromatic rings. The second kappa shape index (κ2) is 4.39. The second-order valence-corrected chi connectivity index (χ2v) is 6.73. The van der Waals surface area contributed by atoms with Crippen molar-refractivity contribution >= 4 is 33.0 Å². The van der Waals surface area contributed by atoms with Gasteiger partial charge in [0.2, 0.25) is 5.78 Å². The zero-order valence-electron chi connectivity index (χ0n) is 9.20. The van der Waals surface area contributed by atoms with Crippen molar-refractivity contribution in [1.82, 2.24) is 0 Å². The maximum atomic E-state index is 12.2. The molecule has 0 fully saturated rings. The fourth-order valence-electron chi connectivity index (χ4n) is 2.29. The highest BCUT2D eigenvalue weighted by molar-refractivity contribution is 9.11. The van der Waals surface area contributed by atoms with Crippen LogP contribution >= 0.6 is 27.3 Å². The maximum Gasteiger partial charge on any atom is 0.202 e. The van der Waals surface area contributed by atoms with Gasteiger partial charge in [-0.15, -0.1) is 11.3 Å². The zero-order valence-corrected chi connectivity index (χ0v) is 11.6. The Labute approximate surface area is 113 Å². The molecule has 0 atom stereocenters. The van der Waals surface area contributed by atoms with Gasteiger partial charge in [0, 0.05) is 5.56 Å². The third-order valence-electron chi connectivity index (χ3n) is 3.16. The van der Waals surface area contributed by atoms with Gasteiger partial charge in [-0.25, -0.2) is 0 Å². The molecule has 0 saturated carbocycles. The van der Waals surface area contributed by atoms with E-state index in [1.165, 1.54) is 28.9 Å². The number of ketones is 1. The number of hydrogen-bond donors (Lipinski definition) is 0. The number of thiophene rings is 1. The summed E-state index contributed by atoms with van der Waals surface area (Å²) < 4.78 is 1.00. The first kappa shape index (κ1) is 11.2. The molecular formula is C14H11BrOS. The minimum Gasteiger partial charge on any atom is -0.288 e. The standard InChI is InChI=1S/C14H11BrOS/c15-13-7-6-12(17-13)14(16)11-5-4-9-2-1-3-10(9)8-11/h4-8H,1-3H2. The topological polar surface area (TPSA) is 17.1 Å². The minimum absolute atomic E-state index is 0.135. The summed E-state index contributed by atoms with van der Waals surface area (Å²) in [5.74, 6) is 0.135. The van der Waals surface area contributed by atoms with Crippen LogP contribution in [-0.4, -0.2) is 5.78 Å². The molecule has 0 bridgehead atoms. The smallest absolute Gasteiger partial charge is 0.202 e. The lowest BCUT2D eigenvalue weighted by Crippen LogP contribution is -1.99. The first-order chi connectivity index (χ1) is 8.24. The average molecular weight is 307 g/mol. The SMILES string of the molecule is O=C(c1ccc2c(c1)CCC2)c1ccc(Br)s1. The van der Waals surface area contributed by atoms with E-state index in [4.69, 9.17) is 0 Å². The fourth-order valence-corrected chi connectivity index (χ4v) is 3.64. The van der Waals surface area contributed by atoms with Crippen molar-refractivity contribution in [3.8, 4) is 0 Å². The molecule has 1 aromatic carbocycles. The second-order valence-electron chi connectivity index (χ2n) is 4.27. The highest BCUT2D eigenvalue weighted by atomic mass is 79.9. The van der Waals surface area contributed by atoms with Crippen molar-refractivity contribution in [1.29, 1.82) is 0 Å². The van der Waals surface area contributed by atoms with Gasteiger partial charge in [-0.1, -0.05) is 12.1 Å². The summed E-state index contributed by atoms with van der Waals surface area (Å²) >= 11 is 4.88. The number of halogens is 1. The van der Waals surface area contributed by atoms with Gasteiger partial charge in [0.25, 0.3) is 0 Å². The van der Waals surface area contributed by atoms with Gasteiger partial charge in [0.1, 0.15) is 0 Å². The summed E-state index contributed by atoms with van der Waals surface area (Å²) in [7, 11) is 0. The fraction of sp³-hybridized carbons (Fsp3) is 0.214. The first-order valence-corrected chi connectivity index (χ1v) is 7.27. The number of hydrogen-bond acceptors (Lipinski definition) is 2. The van der Waals surface area contributed by atoms with Gasteiger partial charge in [0.05, 0.1) is 8.66 Å². The molecule has 1 heterocycles. The van der Waals surface area contributed by atoms with Gasteiger partial charge >= 0.3 is 0 Å². The lowest BCUT2D eigenvalue weighted by atomic mass is 10.0. The van der Waals surface area contributed by atoms with Crippen LogP contribution in [0.1, 0.15) is 32.8 Å². The van der Waals surface area contributed by atoms with Crippen LogP contribution in [0.4, 0.5) is 0 Å². The summed E-state index contributed by atoms with van der Waals surface area (Å²) in [5, 5.41) is 0. The summed E-state index contributed by atoms with van der Waals surface area (Å²) in [5.41, 5.74) is 3.58. The summed E-state index contributed by atoms with van der Waals surface area (Å²) in [6, 6.07) is 9.94. The molecule has 0 N–H and O–H groups in total. The van der Waals surface area contributed by atoms with E-state index < -0.39 is 0 Å². The predicted molar refractivity (Wildman–Crippen MR) is 73.9 cm³/mol. The Kier molecular flexibility index (Phi) is 2.89. The molecule has 1 aliphatic rings. The number of rotatable bonds is 2. The van der Waals surface area contributed by atoms with Crippen molar-refractivity contribution in [2.75, 3.05) is 0 Å². The van der Waals surface area contributed by atoms with Crippen molar-refractivity contribution in [3.63, 3.8) is 0 Å². The lowest BCUT2D eigenvalue weighted by Gasteiger charge is -2.02. The summed E-state index contributed by atoms with van der Waals surface area (Å²) in [6.07, 6.45) is 3.50. The van der Waals surface area contributed by atoms with Crippen LogP contribution in [-0.2, 0) is 12.8 Å². The highest BCUT2D eigenvalue weighted by Gasteiger charge is 2.16. The number of carbonyl (C=O) groups is 1. The monoisotopic (exact) mass is 306 g/mol. The summed E-state index contributed by atoms with van der Waals surface area (Å²) in [6.45, 7) is 0. The van der Waals surface area contributed by atoms with Gasteiger partial charge in [-0.3, -0.25) is 4.79 Å². The average Bonchev–Trinajstić information content (AvgIpc) is 2.95. The molecular weight excluding hydrogens is 296 g/mol. The molecule has 0 unspecified atom stereocenters. The molecule has 86 valence electrons. The summed E-state index contributed by atoms with van der Waals surface area (Å²) in [4.78, 5) is 13.0. The predicted octanol–water partition coefficient (Wildman–Crippen LogP) is 4.23. The quantitative estimate of drug-likeness (QED) is 0.759. The van der Waals surface area contributed by atoms with Crippen LogP contribution in [0.3, 0.4) is 0 Å². The minimum atomic E-state index is 0.135. The van der Waals surface area contributed by atoms with Crippen molar-refractivity contribution in [2.45, 2.75) is 19.3 Å². The number of carbonyl (C=O) groups excluding carboxylic acids is 1. The molecule has 3 rings (SSSR count). The largest absolute Gasteiger partial charge is 0.288 e. The molecule has 0 radical (unpaired) electrons. The van der Waals surface area contributed by atoms with E-state index in [0.29, 0.717) is 0 Å². The van der Waals surface area contributed by atoms with E-state index in [-0.39, 0.29) is 5.78 Å². The van der Waals surface area contributed by atoms with Crippen LogP contribution in [0.2, 0.25) is 0 Å². The number of aryl methyl sites for hydroxylation is 2. The Hall–Kier alpha value is -0.930. The van der Waals surface area contributed by atoms with Gasteiger partial charge in [0.15, 0.2) is 0 Å². The van der Waals surface area contributed by atoms with Crippen molar-refractivity contribution in [2.24, 2.45) is 0 Å². The van der Waals surface area contributed by atoms with E-state index in [1.54, 1.807) is 0 Å². The maximum absolute atomic E-state index is 12.2. The molecule has 0 amide bonds. The third kappa shape index (κ3) is 2.09. The molecule has 1 nitrogen and oxygen atoms in total. The lowest BCUT2D eigenvalue weighted by molar-refractivity contribution is 0.104. The van der Waals surface area contributed by atoms with E-state index >= 15 is 0 Å². The van der Waals surface area contributed by atoms with Gasteiger partial charge in [-0.05, 0) is 64.5 Å². The molecule has 0 saturated heterocycles. The Balaban J connectivity index is 1.97. The first-order valence-electron chi connectivity index (χ1n) is 5.66. The van der Waals surface area contributed by atoms with E-state index in [0.717, 1.165) is 27.1 Å². The van der Waals surface area contributed by atoms with Crippen molar-refractivity contribution < 1.29 is 4.79 Å². The van der Waals surface area contributed by atoms with E-state index in [2.05, 4.69) is 28.1 Å². The molecule has 17 heavy (non-hydrogen) atoms.